The molecule has 0 spiro atoms. The molecular weight excluding hydrogens is 684 g/mol. The molecule has 0 N–H and O–H groups in total. The lowest BCUT2D eigenvalue weighted by Crippen LogP contribution is -2.41. The van der Waals surface area contributed by atoms with Crippen LogP contribution in [0.25, 0.3) is 0 Å². The van der Waals surface area contributed by atoms with Crippen LogP contribution in [0.5, 0.6) is 23.0 Å². The molecule has 2 aliphatic rings. The molecule has 0 aliphatic carbocycles. The van der Waals surface area contributed by atoms with Gasteiger partial charge in [-0.25, -0.2) is 0 Å². The van der Waals surface area contributed by atoms with Crippen molar-refractivity contribution in [2.24, 2.45) is 0 Å². The fourth-order valence-electron chi connectivity index (χ4n) is 3.52. The molecule has 2 heterocycles. The zero-order valence-corrected chi connectivity index (χ0v) is 29.7. The standard InChI is InChI=1S/C14H20BClO4.C8H8ClIO2.C6H13BO2/c1-13(2)14(3,4)20-15(19-13)12-10(16)7-9(17-5)8-11(12)18-6;1-11-5-3-6(9)8(10)7(4-5)12-2;1-5(2)6(3,4)9-7-8-5/h7-8H,1-6H3;3-4H,1-2H3;7H,1-4H3. The van der Waals surface area contributed by atoms with Crippen LogP contribution < -0.4 is 24.4 Å². The Morgan fingerprint density at radius 1 is 0.634 bits per heavy atom. The van der Waals surface area contributed by atoms with Crippen molar-refractivity contribution in [3.63, 3.8) is 0 Å². The van der Waals surface area contributed by atoms with Crippen LogP contribution in [0.2, 0.25) is 10.0 Å². The van der Waals surface area contributed by atoms with E-state index in [1.165, 1.54) is 0 Å². The minimum absolute atomic E-state index is 0.132. The van der Waals surface area contributed by atoms with Gasteiger partial charge >= 0.3 is 14.8 Å². The van der Waals surface area contributed by atoms with Crippen molar-refractivity contribution >= 4 is 66.1 Å². The highest BCUT2D eigenvalue weighted by atomic mass is 127. The Bertz CT molecular complexity index is 1160. The molecule has 2 aromatic carbocycles. The van der Waals surface area contributed by atoms with E-state index in [2.05, 4.69) is 22.6 Å². The summed E-state index contributed by atoms with van der Waals surface area (Å²) in [5.41, 5.74) is -0.425. The van der Waals surface area contributed by atoms with Gasteiger partial charge in [-0.15, -0.1) is 0 Å². The molecule has 2 aromatic rings. The average Bonchev–Trinajstić information content (AvgIpc) is 3.26. The van der Waals surface area contributed by atoms with E-state index in [0.29, 0.717) is 40.4 Å². The van der Waals surface area contributed by atoms with Crippen LogP contribution in [-0.4, -0.2) is 65.6 Å². The van der Waals surface area contributed by atoms with E-state index in [9.17, 15) is 0 Å². The van der Waals surface area contributed by atoms with Crippen molar-refractivity contribution in [1.29, 1.82) is 0 Å². The molecule has 0 bridgehead atoms. The molecule has 2 fully saturated rings. The first kappa shape index (κ1) is 36.1. The van der Waals surface area contributed by atoms with Gasteiger partial charge < -0.3 is 37.6 Å². The third-order valence-electron chi connectivity index (χ3n) is 7.72. The van der Waals surface area contributed by atoms with Gasteiger partial charge in [-0.3, -0.25) is 0 Å². The summed E-state index contributed by atoms with van der Waals surface area (Å²) in [5, 5.41) is 1.14. The van der Waals surface area contributed by atoms with Gasteiger partial charge in [-0.05, 0) is 84.0 Å². The van der Waals surface area contributed by atoms with Crippen molar-refractivity contribution in [1.82, 2.24) is 0 Å². The lowest BCUT2D eigenvalue weighted by Gasteiger charge is -2.32. The van der Waals surface area contributed by atoms with E-state index in [1.807, 2.05) is 55.4 Å². The lowest BCUT2D eigenvalue weighted by atomic mass is 9.78. The second-order valence-corrected chi connectivity index (χ2v) is 13.3. The van der Waals surface area contributed by atoms with Crippen LogP contribution in [0.15, 0.2) is 24.3 Å². The maximum atomic E-state index is 6.34. The normalized spacial score (nSPS) is 19.1. The Labute approximate surface area is 269 Å². The predicted octanol–water partition coefficient (Wildman–Crippen LogP) is 6.48. The van der Waals surface area contributed by atoms with Crippen molar-refractivity contribution < 1.29 is 37.6 Å². The lowest BCUT2D eigenvalue weighted by molar-refractivity contribution is 0.00578. The van der Waals surface area contributed by atoms with Crippen molar-refractivity contribution in [2.75, 3.05) is 28.4 Å². The molecule has 2 aliphatic heterocycles. The van der Waals surface area contributed by atoms with Gasteiger partial charge in [0, 0.05) is 28.7 Å². The van der Waals surface area contributed by atoms with E-state index in [0.717, 1.165) is 9.32 Å². The predicted molar refractivity (Wildman–Crippen MR) is 175 cm³/mol. The number of halogens is 3. The Balaban J connectivity index is 0.000000237. The van der Waals surface area contributed by atoms with E-state index in [-0.39, 0.29) is 11.2 Å². The van der Waals surface area contributed by atoms with Crippen LogP contribution in [0, 0.1) is 3.57 Å². The average molecular weight is 725 g/mol. The third-order valence-corrected chi connectivity index (χ3v) is 9.77. The van der Waals surface area contributed by atoms with Gasteiger partial charge in [-0.2, -0.15) is 0 Å². The first-order valence-corrected chi connectivity index (χ1v) is 14.8. The highest BCUT2D eigenvalue weighted by molar-refractivity contribution is 14.1. The fourth-order valence-corrected chi connectivity index (χ4v) is 4.55. The molecule has 4 rings (SSSR count). The zero-order valence-electron chi connectivity index (χ0n) is 26.0. The Hall–Kier alpha value is -1.08. The van der Waals surface area contributed by atoms with Crippen LogP contribution in [0.4, 0.5) is 0 Å². The fraction of sp³-hybridized carbons (Fsp3) is 0.571. The van der Waals surface area contributed by atoms with Gasteiger partial charge in [0.1, 0.15) is 23.0 Å². The van der Waals surface area contributed by atoms with Crippen molar-refractivity contribution in [3.8, 4) is 23.0 Å². The van der Waals surface area contributed by atoms with Gasteiger partial charge in [0.15, 0.2) is 0 Å². The minimum Gasteiger partial charge on any atom is -0.497 e. The summed E-state index contributed by atoms with van der Waals surface area (Å²) in [6.45, 7) is 16.2. The molecule has 0 amide bonds. The second-order valence-electron chi connectivity index (χ2n) is 11.4. The summed E-state index contributed by atoms with van der Waals surface area (Å²) in [6, 6.07) is 7.05. The Kier molecular flexibility index (Phi) is 12.5. The maximum Gasteiger partial charge on any atom is 0.500 e. The topological polar surface area (TPSA) is 73.8 Å². The molecule has 0 saturated carbocycles. The number of rotatable bonds is 5. The van der Waals surface area contributed by atoms with Gasteiger partial charge in [-0.1, -0.05) is 23.2 Å². The molecule has 41 heavy (non-hydrogen) atoms. The third kappa shape index (κ3) is 8.52. The number of methoxy groups -OCH3 is 4. The highest BCUT2D eigenvalue weighted by Crippen LogP contribution is 2.39. The summed E-state index contributed by atoms with van der Waals surface area (Å²) in [7, 11) is 6.23. The van der Waals surface area contributed by atoms with Crippen LogP contribution in [0.1, 0.15) is 55.4 Å². The zero-order chi connectivity index (χ0) is 31.4. The summed E-state index contributed by atoms with van der Waals surface area (Å²) >= 11 is 14.4. The minimum atomic E-state index is -0.562. The molecule has 0 radical (unpaired) electrons. The molecule has 2 saturated heterocycles. The van der Waals surface area contributed by atoms with Crippen LogP contribution in [0.3, 0.4) is 0 Å². The molecule has 0 aromatic heterocycles. The summed E-state index contributed by atoms with van der Waals surface area (Å²) < 4.78 is 44.3. The summed E-state index contributed by atoms with van der Waals surface area (Å²) in [5.74, 6) is 2.66. The van der Waals surface area contributed by atoms with E-state index in [4.69, 9.17) is 60.8 Å². The van der Waals surface area contributed by atoms with E-state index >= 15 is 0 Å². The maximum absolute atomic E-state index is 6.34. The molecule has 13 heteroatoms. The van der Waals surface area contributed by atoms with Gasteiger partial charge in [0.25, 0.3) is 0 Å². The number of hydrogen-bond donors (Lipinski definition) is 0. The van der Waals surface area contributed by atoms with Gasteiger partial charge in [0.05, 0.1) is 59.4 Å². The summed E-state index contributed by atoms with van der Waals surface area (Å²) in [6.07, 6.45) is 0. The number of ether oxygens (including phenoxy) is 4. The first-order valence-electron chi connectivity index (χ1n) is 13.0. The highest BCUT2D eigenvalue weighted by Gasteiger charge is 2.53. The SMILES string of the molecule is CC1(C)OBOC1(C)C.COc1cc(Cl)c(B2OC(C)(C)C(C)(C)O2)c(OC)c1.COc1cc(Cl)c(I)c(OC)c1. The van der Waals surface area contributed by atoms with Gasteiger partial charge in [0.2, 0.25) is 0 Å². The van der Waals surface area contributed by atoms with Crippen molar-refractivity contribution in [3.05, 3.63) is 37.9 Å². The molecule has 0 unspecified atom stereocenters. The van der Waals surface area contributed by atoms with Crippen molar-refractivity contribution in [2.45, 2.75) is 77.8 Å². The monoisotopic (exact) mass is 724 g/mol. The first-order chi connectivity index (χ1) is 18.9. The number of hydrogen-bond acceptors (Lipinski definition) is 8. The van der Waals surface area contributed by atoms with E-state index < -0.39 is 18.3 Å². The molecule has 228 valence electrons. The smallest absolute Gasteiger partial charge is 0.497 e. The molecular formula is C28H41B2Cl2IO8. The Morgan fingerprint density at radius 2 is 1.05 bits per heavy atom. The molecule has 8 nitrogen and oxygen atoms in total. The Morgan fingerprint density at radius 3 is 1.41 bits per heavy atom. The van der Waals surface area contributed by atoms with Crippen LogP contribution in [-0.2, 0) is 18.6 Å². The quantitative estimate of drug-likeness (QED) is 0.257. The molecule has 0 atom stereocenters. The van der Waals surface area contributed by atoms with Crippen LogP contribution >= 0.6 is 45.8 Å². The number of benzene rings is 2. The van der Waals surface area contributed by atoms with E-state index in [1.54, 1.807) is 52.7 Å². The largest absolute Gasteiger partial charge is 0.500 e. The summed E-state index contributed by atoms with van der Waals surface area (Å²) in [4.78, 5) is 0. The second kappa shape index (κ2) is 14.1.